The van der Waals surface area contributed by atoms with Crippen LogP contribution < -0.4 is 0 Å². The molecular weight excluding hydrogens is 180 g/mol. The molecule has 0 spiro atoms. The van der Waals surface area contributed by atoms with Gasteiger partial charge >= 0.3 is 0 Å². The van der Waals surface area contributed by atoms with Crippen molar-refractivity contribution in [2.75, 3.05) is 0 Å². The fourth-order valence-electron chi connectivity index (χ4n) is 2.91. The molecule has 1 rings (SSSR count). The van der Waals surface area contributed by atoms with Gasteiger partial charge < -0.3 is 0 Å². The van der Waals surface area contributed by atoms with E-state index in [0.29, 0.717) is 0 Å². The highest BCUT2D eigenvalue weighted by molar-refractivity contribution is 5.03. The van der Waals surface area contributed by atoms with Crippen LogP contribution >= 0.6 is 0 Å². The van der Waals surface area contributed by atoms with Gasteiger partial charge in [-0.2, -0.15) is 0 Å². The highest BCUT2D eigenvalue weighted by atomic mass is 14.3. The highest BCUT2D eigenvalue weighted by Crippen LogP contribution is 2.37. The van der Waals surface area contributed by atoms with Crippen LogP contribution in [0, 0.1) is 24.2 Å². The number of unbranched alkanes of at least 4 members (excludes halogenated alkanes) is 1. The lowest BCUT2D eigenvalue weighted by molar-refractivity contribution is 0.334. The van der Waals surface area contributed by atoms with Crippen LogP contribution in [0.2, 0.25) is 0 Å². The molecule has 0 bridgehead atoms. The molecule has 2 unspecified atom stereocenters. The van der Waals surface area contributed by atoms with E-state index in [1.807, 2.05) is 0 Å². The van der Waals surface area contributed by atoms with Crippen LogP contribution in [0.15, 0.2) is 0 Å². The first-order valence-electron chi connectivity index (χ1n) is 6.95. The molecule has 0 aliphatic heterocycles. The predicted octanol–water partition coefficient (Wildman–Crippen LogP) is 5.19. The monoisotopic (exact) mass is 208 g/mol. The average Bonchev–Trinajstić information content (AvgIpc) is 2.45. The first kappa shape index (κ1) is 12.8. The zero-order valence-corrected chi connectivity index (χ0v) is 10.9. The second-order valence-electron chi connectivity index (χ2n) is 5.16. The van der Waals surface area contributed by atoms with Crippen LogP contribution in [0.4, 0.5) is 0 Å². The van der Waals surface area contributed by atoms with Gasteiger partial charge in [0.25, 0.3) is 0 Å². The molecule has 0 N–H and O–H groups in total. The Morgan fingerprint density at radius 2 is 2.13 bits per heavy atom. The molecule has 1 aliphatic rings. The van der Waals surface area contributed by atoms with E-state index in [4.69, 9.17) is 0 Å². The molecule has 0 aromatic rings. The van der Waals surface area contributed by atoms with Crippen molar-refractivity contribution in [2.45, 2.75) is 72.1 Å². The summed E-state index contributed by atoms with van der Waals surface area (Å²) in [5.74, 6) is 3.53. The molecule has 0 heterocycles. The van der Waals surface area contributed by atoms with E-state index in [1.165, 1.54) is 51.4 Å². The molecule has 0 aromatic heterocycles. The smallest absolute Gasteiger partial charge is 0.0654 e. The molecule has 1 saturated carbocycles. The number of rotatable bonds is 5. The summed E-state index contributed by atoms with van der Waals surface area (Å²) >= 11 is 0. The van der Waals surface area contributed by atoms with Crippen LogP contribution in [-0.2, 0) is 0 Å². The van der Waals surface area contributed by atoms with Gasteiger partial charge in [0.1, 0.15) is 12.3 Å². The van der Waals surface area contributed by atoms with Gasteiger partial charge in [-0.25, -0.2) is 0 Å². The zero-order chi connectivity index (χ0) is 11.1. The topological polar surface area (TPSA) is 0 Å². The summed E-state index contributed by atoms with van der Waals surface area (Å²) in [6.45, 7) is 7.06. The van der Waals surface area contributed by atoms with Gasteiger partial charge in [0.2, 0.25) is 5.92 Å². The van der Waals surface area contributed by atoms with E-state index in [9.17, 15) is 0 Å². The van der Waals surface area contributed by atoms with Gasteiger partial charge in [0, 0.05) is 5.92 Å². The summed E-state index contributed by atoms with van der Waals surface area (Å²) in [5.41, 5.74) is 0. The molecule has 0 amide bonds. The van der Waals surface area contributed by atoms with Gasteiger partial charge in [-0.3, -0.25) is 0 Å². The first-order valence-corrected chi connectivity index (χ1v) is 6.95. The Bertz CT molecular complexity index is 150. The SMILES string of the molecule is CCCCC(CC)C1[CH+]CCCC[C+]1C. The van der Waals surface area contributed by atoms with Crippen molar-refractivity contribution in [1.29, 1.82) is 0 Å². The van der Waals surface area contributed by atoms with Crippen LogP contribution in [0.5, 0.6) is 0 Å². The van der Waals surface area contributed by atoms with E-state index in [1.54, 1.807) is 5.92 Å². The Kier molecular flexibility index (Phi) is 6.05. The van der Waals surface area contributed by atoms with E-state index in [-0.39, 0.29) is 0 Å². The van der Waals surface area contributed by atoms with Crippen molar-refractivity contribution in [3.63, 3.8) is 0 Å². The lowest BCUT2D eigenvalue weighted by Gasteiger charge is -2.17. The highest BCUT2D eigenvalue weighted by Gasteiger charge is 2.41. The van der Waals surface area contributed by atoms with Gasteiger partial charge in [-0.15, -0.1) is 0 Å². The lowest BCUT2D eigenvalue weighted by atomic mass is 9.76. The van der Waals surface area contributed by atoms with Crippen molar-refractivity contribution in [1.82, 2.24) is 0 Å². The Hall–Kier alpha value is -0.260. The minimum atomic E-state index is 0.837. The zero-order valence-electron chi connectivity index (χ0n) is 10.9. The largest absolute Gasteiger partial charge is 0.231 e. The molecule has 0 radical (unpaired) electrons. The van der Waals surface area contributed by atoms with Crippen LogP contribution in [-0.4, -0.2) is 0 Å². The van der Waals surface area contributed by atoms with Crippen molar-refractivity contribution in [3.05, 3.63) is 12.3 Å². The lowest BCUT2D eigenvalue weighted by Crippen LogP contribution is -2.19. The van der Waals surface area contributed by atoms with Gasteiger partial charge in [0.05, 0.1) is 19.8 Å². The van der Waals surface area contributed by atoms with E-state index < -0.39 is 0 Å². The molecule has 1 aliphatic carbocycles. The van der Waals surface area contributed by atoms with E-state index in [0.717, 1.165) is 11.8 Å². The molecule has 2 atom stereocenters. The summed E-state index contributed by atoms with van der Waals surface area (Å²) in [4.78, 5) is 0. The maximum Gasteiger partial charge on any atom is 0.231 e. The molecule has 15 heavy (non-hydrogen) atoms. The standard InChI is InChI=1S/C15H28/c1-4-6-11-14(5-2)15-12-9-7-8-10-13(15)3/h12,14-15H,4-11H2,1-3H3/q+2. The minimum absolute atomic E-state index is 0.837. The quantitative estimate of drug-likeness (QED) is 0.431. The third-order valence-corrected chi connectivity index (χ3v) is 3.98. The van der Waals surface area contributed by atoms with E-state index in [2.05, 4.69) is 27.2 Å². The maximum atomic E-state index is 2.62. The fraction of sp³-hybridized carbons (Fsp3) is 0.867. The Balaban J connectivity index is 2.47. The Labute approximate surface area is 96.8 Å². The third-order valence-electron chi connectivity index (χ3n) is 3.98. The van der Waals surface area contributed by atoms with Crippen molar-refractivity contribution < 1.29 is 0 Å². The third kappa shape index (κ3) is 4.01. The van der Waals surface area contributed by atoms with Gasteiger partial charge in [0.15, 0.2) is 0 Å². The molecule has 86 valence electrons. The summed E-state index contributed by atoms with van der Waals surface area (Å²) in [6.07, 6.45) is 13.7. The first-order chi connectivity index (χ1) is 7.29. The minimum Gasteiger partial charge on any atom is -0.0654 e. The summed E-state index contributed by atoms with van der Waals surface area (Å²) in [7, 11) is 0. The summed E-state index contributed by atoms with van der Waals surface area (Å²) < 4.78 is 0. The van der Waals surface area contributed by atoms with Crippen LogP contribution in [0.3, 0.4) is 0 Å². The number of hydrogen-bond donors (Lipinski definition) is 0. The fourth-order valence-corrected chi connectivity index (χ4v) is 2.91. The van der Waals surface area contributed by atoms with Gasteiger partial charge in [-0.1, -0.05) is 26.7 Å². The molecule has 1 fully saturated rings. The van der Waals surface area contributed by atoms with Crippen molar-refractivity contribution in [3.8, 4) is 0 Å². The second-order valence-corrected chi connectivity index (χ2v) is 5.16. The van der Waals surface area contributed by atoms with Crippen molar-refractivity contribution >= 4 is 0 Å². The van der Waals surface area contributed by atoms with Crippen molar-refractivity contribution in [2.24, 2.45) is 11.8 Å². The average molecular weight is 208 g/mol. The summed E-state index contributed by atoms with van der Waals surface area (Å²) in [5, 5.41) is 0. The van der Waals surface area contributed by atoms with Crippen LogP contribution in [0.1, 0.15) is 72.1 Å². The normalized spacial score (nSPS) is 24.5. The Morgan fingerprint density at radius 3 is 2.80 bits per heavy atom. The molecular formula is C15H28+2. The maximum absolute atomic E-state index is 2.62. The molecule has 0 saturated heterocycles. The molecule has 0 aromatic carbocycles. The second kappa shape index (κ2) is 7.09. The number of hydrogen-bond acceptors (Lipinski definition) is 0. The predicted molar refractivity (Wildman–Crippen MR) is 68.5 cm³/mol. The Morgan fingerprint density at radius 1 is 1.33 bits per heavy atom. The van der Waals surface area contributed by atoms with Gasteiger partial charge in [-0.05, 0) is 25.7 Å². The van der Waals surface area contributed by atoms with Crippen LogP contribution in [0.25, 0.3) is 0 Å². The molecule has 0 heteroatoms. The van der Waals surface area contributed by atoms with E-state index >= 15 is 0 Å². The summed E-state index contributed by atoms with van der Waals surface area (Å²) in [6, 6.07) is 0. The molecule has 0 nitrogen and oxygen atoms in total.